The molecule has 0 spiro atoms. The number of thiazole rings is 1. The van der Waals surface area contributed by atoms with Crippen molar-refractivity contribution in [2.45, 2.75) is 13.5 Å². The van der Waals surface area contributed by atoms with Crippen LogP contribution in [0.5, 0.6) is 0 Å². The second kappa shape index (κ2) is 10.2. The SMILES string of the molecule is CC(=O)N(c1ccccc1)c1nc(/C=C/C(=O)NCC(=O)NCc2ccco2)cs1. The summed E-state index contributed by atoms with van der Waals surface area (Å²) in [6, 6.07) is 12.7. The Kier molecular flexibility index (Phi) is 7.12. The van der Waals surface area contributed by atoms with Gasteiger partial charge in [0.2, 0.25) is 17.7 Å². The number of furan rings is 1. The number of rotatable bonds is 8. The van der Waals surface area contributed by atoms with Gasteiger partial charge in [0.05, 0.1) is 30.7 Å². The van der Waals surface area contributed by atoms with Gasteiger partial charge in [-0.3, -0.25) is 19.3 Å². The lowest BCUT2D eigenvalue weighted by Gasteiger charge is -2.17. The second-order valence-electron chi connectivity index (χ2n) is 6.15. The third kappa shape index (κ3) is 5.89. The normalized spacial score (nSPS) is 10.7. The molecule has 0 atom stereocenters. The molecule has 0 aliphatic carbocycles. The minimum atomic E-state index is -0.427. The Labute approximate surface area is 177 Å². The van der Waals surface area contributed by atoms with Crippen LogP contribution in [-0.2, 0) is 20.9 Å². The molecule has 0 saturated carbocycles. The smallest absolute Gasteiger partial charge is 0.244 e. The standard InChI is InChI=1S/C21H20N4O4S/c1-15(26)25(17-6-3-2-4-7-17)21-24-16(14-30-21)9-10-19(27)23-13-20(28)22-12-18-8-5-11-29-18/h2-11,14H,12-13H2,1H3,(H,22,28)(H,23,27)/b10-9+. The molecular formula is C21H20N4O4S. The Balaban J connectivity index is 1.52. The first-order valence-electron chi connectivity index (χ1n) is 9.09. The maximum absolute atomic E-state index is 12.1. The van der Waals surface area contributed by atoms with Crippen molar-refractivity contribution in [3.63, 3.8) is 0 Å². The lowest BCUT2D eigenvalue weighted by molar-refractivity contribution is -0.124. The highest BCUT2D eigenvalue weighted by Gasteiger charge is 2.17. The zero-order chi connectivity index (χ0) is 21.3. The van der Waals surface area contributed by atoms with Crippen molar-refractivity contribution in [2.24, 2.45) is 0 Å². The summed E-state index contributed by atoms with van der Waals surface area (Å²) in [6.07, 6.45) is 4.34. The van der Waals surface area contributed by atoms with E-state index in [1.165, 1.54) is 41.6 Å². The van der Waals surface area contributed by atoms with Gasteiger partial charge in [0.25, 0.3) is 0 Å². The molecule has 154 valence electrons. The van der Waals surface area contributed by atoms with Crippen LogP contribution in [0.3, 0.4) is 0 Å². The minimum absolute atomic E-state index is 0.154. The predicted molar refractivity (Wildman–Crippen MR) is 114 cm³/mol. The van der Waals surface area contributed by atoms with Crippen LogP contribution in [0.25, 0.3) is 6.08 Å². The Morgan fingerprint density at radius 1 is 1.13 bits per heavy atom. The van der Waals surface area contributed by atoms with Gasteiger partial charge in [-0.05, 0) is 30.3 Å². The number of nitrogens with zero attached hydrogens (tertiary/aromatic N) is 2. The van der Waals surface area contributed by atoms with Crippen molar-refractivity contribution in [2.75, 3.05) is 11.4 Å². The number of amides is 3. The molecule has 0 aliphatic rings. The van der Waals surface area contributed by atoms with E-state index in [0.29, 0.717) is 22.3 Å². The van der Waals surface area contributed by atoms with Gasteiger partial charge < -0.3 is 15.1 Å². The molecule has 0 fully saturated rings. The molecule has 0 aliphatic heterocycles. The third-order valence-corrected chi connectivity index (χ3v) is 4.74. The van der Waals surface area contributed by atoms with Gasteiger partial charge in [0.15, 0.2) is 5.13 Å². The molecule has 0 radical (unpaired) electrons. The predicted octanol–water partition coefficient (Wildman–Crippen LogP) is 2.87. The summed E-state index contributed by atoms with van der Waals surface area (Å²) >= 11 is 1.29. The lowest BCUT2D eigenvalue weighted by atomic mass is 10.3. The van der Waals surface area contributed by atoms with E-state index in [2.05, 4.69) is 15.6 Å². The summed E-state index contributed by atoms with van der Waals surface area (Å²) in [5.74, 6) is -0.290. The summed E-state index contributed by atoms with van der Waals surface area (Å²) in [7, 11) is 0. The van der Waals surface area contributed by atoms with E-state index in [0.717, 1.165) is 0 Å². The van der Waals surface area contributed by atoms with Crippen molar-refractivity contribution in [1.29, 1.82) is 0 Å². The molecule has 2 heterocycles. The number of hydrogen-bond donors (Lipinski definition) is 2. The average Bonchev–Trinajstić information content (AvgIpc) is 3.42. The summed E-state index contributed by atoms with van der Waals surface area (Å²) in [5.41, 5.74) is 1.25. The fourth-order valence-electron chi connectivity index (χ4n) is 2.51. The molecule has 9 heteroatoms. The molecule has 30 heavy (non-hydrogen) atoms. The molecule has 3 rings (SSSR count). The zero-order valence-corrected chi connectivity index (χ0v) is 17.0. The maximum atomic E-state index is 12.1. The Morgan fingerprint density at radius 3 is 2.63 bits per heavy atom. The van der Waals surface area contributed by atoms with Crippen LogP contribution in [0.4, 0.5) is 10.8 Å². The summed E-state index contributed by atoms with van der Waals surface area (Å²) < 4.78 is 5.12. The fraction of sp³-hybridized carbons (Fsp3) is 0.143. The van der Waals surface area contributed by atoms with Gasteiger partial charge >= 0.3 is 0 Å². The highest BCUT2D eigenvalue weighted by Crippen LogP contribution is 2.28. The highest BCUT2D eigenvalue weighted by molar-refractivity contribution is 7.14. The molecule has 8 nitrogen and oxygen atoms in total. The third-order valence-electron chi connectivity index (χ3n) is 3.90. The van der Waals surface area contributed by atoms with E-state index in [1.807, 2.05) is 30.3 Å². The van der Waals surface area contributed by atoms with E-state index in [9.17, 15) is 14.4 Å². The zero-order valence-electron chi connectivity index (χ0n) is 16.2. The number of aromatic nitrogens is 1. The fourth-order valence-corrected chi connectivity index (χ4v) is 3.36. The number of benzene rings is 1. The van der Waals surface area contributed by atoms with Crippen molar-refractivity contribution >= 4 is 46.0 Å². The molecular weight excluding hydrogens is 404 g/mol. The second-order valence-corrected chi connectivity index (χ2v) is 6.99. The van der Waals surface area contributed by atoms with Crippen LogP contribution in [-0.4, -0.2) is 29.3 Å². The molecule has 1 aromatic carbocycles. The quantitative estimate of drug-likeness (QED) is 0.541. The van der Waals surface area contributed by atoms with E-state index < -0.39 is 5.91 Å². The Hall–Kier alpha value is -3.72. The van der Waals surface area contributed by atoms with Crippen LogP contribution < -0.4 is 15.5 Å². The van der Waals surface area contributed by atoms with Gasteiger partial charge in [0, 0.05) is 18.4 Å². The molecule has 0 saturated heterocycles. The van der Waals surface area contributed by atoms with Gasteiger partial charge in [-0.15, -0.1) is 11.3 Å². The van der Waals surface area contributed by atoms with Gasteiger partial charge in [0.1, 0.15) is 5.76 Å². The number of carbonyl (C=O) groups excluding carboxylic acids is 3. The molecule has 3 aromatic rings. The number of para-hydroxylation sites is 1. The first-order chi connectivity index (χ1) is 14.5. The Bertz CT molecular complexity index is 1030. The lowest BCUT2D eigenvalue weighted by Crippen LogP contribution is -2.35. The van der Waals surface area contributed by atoms with Crippen LogP contribution in [0, 0.1) is 0 Å². The summed E-state index contributed by atoms with van der Waals surface area (Å²) in [4.78, 5) is 41.7. The monoisotopic (exact) mass is 424 g/mol. The van der Waals surface area contributed by atoms with Gasteiger partial charge in [-0.1, -0.05) is 18.2 Å². The number of hydrogen-bond acceptors (Lipinski definition) is 6. The molecule has 2 aromatic heterocycles. The van der Waals surface area contributed by atoms with Gasteiger partial charge in [-0.2, -0.15) is 0 Å². The number of carbonyl (C=O) groups is 3. The molecule has 0 bridgehead atoms. The van der Waals surface area contributed by atoms with Crippen LogP contribution in [0.1, 0.15) is 18.4 Å². The summed E-state index contributed by atoms with van der Waals surface area (Å²) in [5, 5.41) is 7.39. The molecule has 3 amide bonds. The average molecular weight is 424 g/mol. The largest absolute Gasteiger partial charge is 0.467 e. The van der Waals surface area contributed by atoms with E-state index in [4.69, 9.17) is 4.42 Å². The number of nitrogens with one attached hydrogen (secondary N) is 2. The van der Waals surface area contributed by atoms with E-state index >= 15 is 0 Å². The topological polar surface area (TPSA) is 105 Å². The number of anilines is 2. The van der Waals surface area contributed by atoms with Crippen LogP contribution >= 0.6 is 11.3 Å². The first kappa shape index (κ1) is 21.0. The maximum Gasteiger partial charge on any atom is 0.244 e. The van der Waals surface area contributed by atoms with Crippen molar-refractivity contribution < 1.29 is 18.8 Å². The van der Waals surface area contributed by atoms with E-state index in [-0.39, 0.29) is 24.9 Å². The summed E-state index contributed by atoms with van der Waals surface area (Å²) in [6.45, 7) is 1.57. The molecule has 0 unspecified atom stereocenters. The van der Waals surface area contributed by atoms with E-state index in [1.54, 1.807) is 17.5 Å². The van der Waals surface area contributed by atoms with Gasteiger partial charge in [-0.25, -0.2) is 4.98 Å². The first-order valence-corrected chi connectivity index (χ1v) is 9.97. The highest BCUT2D eigenvalue weighted by atomic mass is 32.1. The molecule has 2 N–H and O–H groups in total. The minimum Gasteiger partial charge on any atom is -0.467 e. The van der Waals surface area contributed by atoms with Crippen molar-refractivity contribution in [3.05, 3.63) is 71.6 Å². The van der Waals surface area contributed by atoms with Crippen LogP contribution in [0.15, 0.2) is 64.6 Å². The van der Waals surface area contributed by atoms with Crippen molar-refractivity contribution in [1.82, 2.24) is 15.6 Å². The van der Waals surface area contributed by atoms with Crippen molar-refractivity contribution in [3.8, 4) is 0 Å². The Morgan fingerprint density at radius 2 is 1.93 bits per heavy atom. The van der Waals surface area contributed by atoms with Crippen LogP contribution in [0.2, 0.25) is 0 Å².